The molecule has 5 nitrogen and oxygen atoms in total. The number of carbonyl (C=O) groups is 1. The molecule has 1 aliphatic rings. The fourth-order valence-electron chi connectivity index (χ4n) is 3.85. The Morgan fingerprint density at radius 3 is 2.92 bits per heavy atom. The minimum Gasteiger partial charge on any atom is -0.353 e. The Morgan fingerprint density at radius 2 is 2.08 bits per heavy atom. The van der Waals surface area contributed by atoms with Crippen molar-refractivity contribution < 1.29 is 4.79 Å². The molecule has 3 aromatic rings. The summed E-state index contributed by atoms with van der Waals surface area (Å²) < 4.78 is 0. The third-order valence-electron chi connectivity index (χ3n) is 5.46. The van der Waals surface area contributed by atoms with Crippen LogP contribution in [0.3, 0.4) is 0 Å². The van der Waals surface area contributed by atoms with E-state index < -0.39 is 0 Å². The lowest BCUT2D eigenvalue weighted by Crippen LogP contribution is -2.27. The molecule has 136 valence electrons. The summed E-state index contributed by atoms with van der Waals surface area (Å²) in [7, 11) is 1.87. The Bertz CT molecular complexity index is 937. The monoisotopic (exact) mass is 350 g/mol. The van der Waals surface area contributed by atoms with Crippen LogP contribution in [0.15, 0.2) is 24.3 Å². The van der Waals surface area contributed by atoms with E-state index in [4.69, 9.17) is 0 Å². The largest absolute Gasteiger partial charge is 0.353 e. The highest BCUT2D eigenvalue weighted by molar-refractivity contribution is 5.86. The Kier molecular flexibility index (Phi) is 4.53. The minimum atomic E-state index is 0.191. The lowest BCUT2D eigenvalue weighted by molar-refractivity contribution is -0.129. The number of aromatic amines is 2. The first-order chi connectivity index (χ1) is 12.7. The molecule has 0 fully saturated rings. The molecule has 2 heterocycles. The van der Waals surface area contributed by atoms with Gasteiger partial charge in [0.1, 0.15) is 5.69 Å². The average Bonchev–Trinajstić information content (AvgIpc) is 3.28. The molecule has 2 aromatic heterocycles. The van der Waals surface area contributed by atoms with Gasteiger partial charge in [0.2, 0.25) is 5.91 Å². The van der Waals surface area contributed by atoms with Gasteiger partial charge in [0.15, 0.2) is 0 Å². The predicted molar refractivity (Wildman–Crippen MR) is 104 cm³/mol. The van der Waals surface area contributed by atoms with E-state index in [0.717, 1.165) is 42.7 Å². The Hall–Kier alpha value is -2.56. The highest BCUT2D eigenvalue weighted by Crippen LogP contribution is 2.31. The Morgan fingerprint density at radius 1 is 1.23 bits per heavy atom. The third kappa shape index (κ3) is 3.14. The number of likely N-dealkylation sites (N-methyl/N-ethyl adjacent to an activating group) is 1. The summed E-state index contributed by atoms with van der Waals surface area (Å²) in [5.74, 6) is 0.191. The van der Waals surface area contributed by atoms with Gasteiger partial charge in [-0.15, -0.1) is 0 Å². The molecule has 1 aromatic carbocycles. The molecule has 5 heteroatoms. The molecule has 0 unspecified atom stereocenters. The van der Waals surface area contributed by atoms with E-state index in [1.165, 1.54) is 35.0 Å². The number of carbonyl (C=O) groups excluding carboxylic acids is 1. The zero-order valence-electron chi connectivity index (χ0n) is 15.6. The molecule has 26 heavy (non-hydrogen) atoms. The molecule has 1 aliphatic carbocycles. The van der Waals surface area contributed by atoms with Crippen molar-refractivity contribution >= 4 is 16.8 Å². The number of nitrogens with one attached hydrogen (secondary N) is 2. The van der Waals surface area contributed by atoms with Gasteiger partial charge in [-0.1, -0.05) is 19.1 Å². The number of amides is 1. The maximum absolute atomic E-state index is 11.7. The van der Waals surface area contributed by atoms with Crippen molar-refractivity contribution in [3.63, 3.8) is 0 Å². The standard InChI is InChI=1S/C21H26N4O/c1-3-20(26)25(2)11-10-14-8-9-15-13-19(22-18(15)12-14)21-16-6-4-5-7-17(16)23-24-21/h8-9,12-13,22H,3-7,10-11H2,1-2H3,(H,23,24). The van der Waals surface area contributed by atoms with Gasteiger partial charge in [-0.25, -0.2) is 0 Å². The fourth-order valence-corrected chi connectivity index (χ4v) is 3.85. The maximum atomic E-state index is 11.7. The second-order valence-corrected chi connectivity index (χ2v) is 7.26. The molecule has 4 rings (SSSR count). The molecule has 2 N–H and O–H groups in total. The molecular formula is C21H26N4O. The van der Waals surface area contributed by atoms with E-state index in [1.54, 1.807) is 4.90 Å². The smallest absolute Gasteiger partial charge is 0.222 e. The zero-order chi connectivity index (χ0) is 18.1. The first kappa shape index (κ1) is 16.9. The number of aryl methyl sites for hydroxylation is 1. The van der Waals surface area contributed by atoms with Gasteiger partial charge in [-0.2, -0.15) is 5.10 Å². The fraction of sp³-hybridized carbons (Fsp3) is 0.429. The van der Waals surface area contributed by atoms with Crippen LogP contribution in [0.4, 0.5) is 0 Å². The Labute approximate surface area is 153 Å². The number of hydrogen-bond donors (Lipinski definition) is 2. The summed E-state index contributed by atoms with van der Waals surface area (Å²) in [4.78, 5) is 17.1. The van der Waals surface area contributed by atoms with Crippen LogP contribution in [0.1, 0.15) is 43.0 Å². The van der Waals surface area contributed by atoms with Gasteiger partial charge in [0.25, 0.3) is 0 Å². The van der Waals surface area contributed by atoms with Crippen molar-refractivity contribution in [1.82, 2.24) is 20.1 Å². The van der Waals surface area contributed by atoms with E-state index in [2.05, 4.69) is 39.4 Å². The van der Waals surface area contributed by atoms with Gasteiger partial charge >= 0.3 is 0 Å². The van der Waals surface area contributed by atoms with E-state index in [0.29, 0.717) is 6.42 Å². The van der Waals surface area contributed by atoms with Crippen LogP contribution in [-0.4, -0.2) is 39.6 Å². The molecular weight excluding hydrogens is 324 g/mol. The second-order valence-electron chi connectivity index (χ2n) is 7.26. The lowest BCUT2D eigenvalue weighted by Gasteiger charge is -2.16. The van der Waals surface area contributed by atoms with Crippen LogP contribution in [0.2, 0.25) is 0 Å². The zero-order valence-corrected chi connectivity index (χ0v) is 15.6. The normalized spacial score (nSPS) is 13.8. The van der Waals surface area contributed by atoms with Gasteiger partial charge in [-0.3, -0.25) is 9.89 Å². The van der Waals surface area contributed by atoms with Crippen LogP contribution in [0.25, 0.3) is 22.3 Å². The van der Waals surface area contributed by atoms with Crippen molar-refractivity contribution in [3.8, 4) is 11.4 Å². The summed E-state index contributed by atoms with van der Waals surface area (Å²) in [6, 6.07) is 8.70. The molecule has 0 radical (unpaired) electrons. The van der Waals surface area contributed by atoms with E-state index in [1.807, 2.05) is 14.0 Å². The van der Waals surface area contributed by atoms with Gasteiger partial charge in [-0.05, 0) is 49.8 Å². The molecule has 0 spiro atoms. The van der Waals surface area contributed by atoms with Gasteiger partial charge < -0.3 is 9.88 Å². The number of benzene rings is 1. The maximum Gasteiger partial charge on any atom is 0.222 e. The number of fused-ring (bicyclic) bond motifs is 2. The molecule has 1 amide bonds. The van der Waals surface area contributed by atoms with Crippen LogP contribution in [0.5, 0.6) is 0 Å². The third-order valence-corrected chi connectivity index (χ3v) is 5.46. The van der Waals surface area contributed by atoms with Crippen molar-refractivity contribution in [1.29, 1.82) is 0 Å². The van der Waals surface area contributed by atoms with Gasteiger partial charge in [0.05, 0.1) is 5.69 Å². The van der Waals surface area contributed by atoms with Crippen LogP contribution in [0, 0.1) is 0 Å². The quantitative estimate of drug-likeness (QED) is 0.734. The summed E-state index contributed by atoms with van der Waals surface area (Å²) >= 11 is 0. The highest BCUT2D eigenvalue weighted by Gasteiger charge is 2.19. The summed E-state index contributed by atoms with van der Waals surface area (Å²) in [6.45, 7) is 2.65. The van der Waals surface area contributed by atoms with Crippen LogP contribution in [-0.2, 0) is 24.1 Å². The lowest BCUT2D eigenvalue weighted by atomic mass is 9.95. The highest BCUT2D eigenvalue weighted by atomic mass is 16.2. The molecule has 0 bridgehead atoms. The molecule has 0 saturated carbocycles. The first-order valence-electron chi connectivity index (χ1n) is 9.58. The Balaban J connectivity index is 1.56. The van der Waals surface area contributed by atoms with Crippen LogP contribution < -0.4 is 0 Å². The number of H-pyrrole nitrogens is 2. The molecule has 0 atom stereocenters. The number of rotatable bonds is 5. The van der Waals surface area contributed by atoms with E-state index in [-0.39, 0.29) is 5.91 Å². The van der Waals surface area contributed by atoms with Gasteiger partial charge in [0, 0.05) is 42.2 Å². The average molecular weight is 350 g/mol. The summed E-state index contributed by atoms with van der Waals surface area (Å²) in [5.41, 5.74) is 7.22. The first-order valence-corrected chi connectivity index (χ1v) is 9.58. The molecule has 0 aliphatic heterocycles. The SMILES string of the molecule is CCC(=O)N(C)CCc1ccc2cc(-c3n[nH]c4c3CCCC4)[nH]c2c1. The summed E-state index contributed by atoms with van der Waals surface area (Å²) in [6.07, 6.45) is 6.14. The van der Waals surface area contributed by atoms with E-state index >= 15 is 0 Å². The van der Waals surface area contributed by atoms with Crippen molar-refractivity contribution in [2.24, 2.45) is 0 Å². The topological polar surface area (TPSA) is 64.8 Å². The van der Waals surface area contributed by atoms with E-state index in [9.17, 15) is 4.79 Å². The predicted octanol–water partition coefficient (Wildman–Crippen LogP) is 3.85. The van der Waals surface area contributed by atoms with Crippen LogP contribution >= 0.6 is 0 Å². The minimum absolute atomic E-state index is 0.191. The number of nitrogens with zero attached hydrogens (tertiary/aromatic N) is 2. The van der Waals surface area contributed by atoms with Crippen molar-refractivity contribution in [3.05, 3.63) is 41.1 Å². The number of aromatic nitrogens is 3. The second kappa shape index (κ2) is 6.98. The van der Waals surface area contributed by atoms with Crippen molar-refractivity contribution in [2.75, 3.05) is 13.6 Å². The molecule has 0 saturated heterocycles. The summed E-state index contributed by atoms with van der Waals surface area (Å²) in [5, 5.41) is 9.00. The van der Waals surface area contributed by atoms with Crippen molar-refractivity contribution in [2.45, 2.75) is 45.4 Å². The number of hydrogen-bond acceptors (Lipinski definition) is 2.